The van der Waals surface area contributed by atoms with Crippen molar-refractivity contribution in [1.82, 2.24) is 15.1 Å². The minimum Gasteiger partial charge on any atom is -0.444 e. The predicted octanol–water partition coefficient (Wildman–Crippen LogP) is 3.42. The summed E-state index contributed by atoms with van der Waals surface area (Å²) in [5.41, 5.74) is 1.28. The van der Waals surface area contributed by atoms with Crippen LogP contribution in [0.1, 0.15) is 20.8 Å². The Hall–Kier alpha value is -1.89. The summed E-state index contributed by atoms with van der Waals surface area (Å²) < 4.78 is 6.27. The first-order valence-corrected chi connectivity index (χ1v) is 8.27. The van der Waals surface area contributed by atoms with Crippen molar-refractivity contribution in [2.45, 2.75) is 32.4 Å². The zero-order valence-electron chi connectivity index (χ0n) is 13.3. The van der Waals surface area contributed by atoms with Crippen molar-refractivity contribution < 1.29 is 9.53 Å². The van der Waals surface area contributed by atoms with Crippen LogP contribution in [0.3, 0.4) is 0 Å². The van der Waals surface area contributed by atoms with Crippen LogP contribution in [-0.4, -0.2) is 45.9 Å². The smallest absolute Gasteiger partial charge is 0.410 e. The number of benzene rings is 1. The number of hydrogen-bond acceptors (Lipinski definition) is 5. The van der Waals surface area contributed by atoms with Crippen molar-refractivity contribution in [3.05, 3.63) is 28.9 Å². The van der Waals surface area contributed by atoms with Gasteiger partial charge in [0, 0.05) is 22.9 Å². The fraction of sp³-hybridized carbons (Fsp3) is 0.438. The van der Waals surface area contributed by atoms with Crippen LogP contribution in [0.15, 0.2) is 28.9 Å². The lowest BCUT2D eigenvalue weighted by Gasteiger charge is -2.40. The molecule has 6 nitrogen and oxygen atoms in total. The monoisotopic (exact) mass is 378 g/mol. The van der Waals surface area contributed by atoms with Crippen LogP contribution in [-0.2, 0) is 4.74 Å². The Morgan fingerprint density at radius 1 is 1.39 bits per heavy atom. The topological polar surface area (TPSA) is 67.3 Å². The molecule has 1 aromatic heterocycles. The molecular formula is C16H19BrN4O2. The summed E-state index contributed by atoms with van der Waals surface area (Å²) in [6.45, 7) is 6.84. The summed E-state index contributed by atoms with van der Waals surface area (Å²) in [5, 5.41) is 12.6. The summed E-state index contributed by atoms with van der Waals surface area (Å²) in [5.74, 6) is 0. The molecular weight excluding hydrogens is 360 g/mol. The van der Waals surface area contributed by atoms with Gasteiger partial charge in [0.2, 0.25) is 0 Å². The molecule has 0 radical (unpaired) electrons. The third-order valence-corrected chi connectivity index (χ3v) is 4.15. The van der Waals surface area contributed by atoms with Gasteiger partial charge >= 0.3 is 6.09 Å². The number of nitrogens with one attached hydrogen (secondary N) is 1. The van der Waals surface area contributed by atoms with Crippen LogP contribution < -0.4 is 5.32 Å². The van der Waals surface area contributed by atoms with E-state index in [0.29, 0.717) is 13.1 Å². The second-order valence-electron chi connectivity index (χ2n) is 6.62. The van der Waals surface area contributed by atoms with Crippen LogP contribution in [0.25, 0.3) is 10.9 Å². The maximum Gasteiger partial charge on any atom is 0.410 e. The second kappa shape index (κ2) is 5.96. The van der Waals surface area contributed by atoms with Crippen molar-refractivity contribution in [2.75, 3.05) is 18.4 Å². The van der Waals surface area contributed by atoms with Gasteiger partial charge in [0.25, 0.3) is 0 Å². The Bertz CT molecular complexity index is 738. The van der Waals surface area contributed by atoms with Gasteiger partial charge in [0.15, 0.2) is 0 Å². The summed E-state index contributed by atoms with van der Waals surface area (Å²) in [4.78, 5) is 13.6. The fourth-order valence-electron chi connectivity index (χ4n) is 2.43. The Kier molecular flexibility index (Phi) is 4.14. The Morgan fingerprint density at radius 2 is 2.13 bits per heavy atom. The van der Waals surface area contributed by atoms with Crippen molar-refractivity contribution in [1.29, 1.82) is 0 Å². The molecule has 2 aromatic rings. The van der Waals surface area contributed by atoms with E-state index in [1.54, 1.807) is 11.1 Å². The maximum atomic E-state index is 11.9. The zero-order chi connectivity index (χ0) is 16.6. The number of carbonyl (C=O) groups excluding carboxylic acids is 1. The molecule has 0 spiro atoms. The van der Waals surface area contributed by atoms with Gasteiger partial charge in [0.1, 0.15) is 11.1 Å². The lowest BCUT2D eigenvalue weighted by atomic mass is 10.1. The molecule has 23 heavy (non-hydrogen) atoms. The van der Waals surface area contributed by atoms with E-state index in [0.717, 1.165) is 21.1 Å². The number of amides is 1. The van der Waals surface area contributed by atoms with Crippen LogP contribution in [0, 0.1) is 0 Å². The van der Waals surface area contributed by atoms with Gasteiger partial charge in [0.05, 0.1) is 17.9 Å². The van der Waals surface area contributed by atoms with Crippen molar-refractivity contribution in [3.8, 4) is 0 Å². The first kappa shape index (κ1) is 16.0. The molecule has 2 heterocycles. The molecule has 0 bridgehead atoms. The lowest BCUT2D eigenvalue weighted by Crippen LogP contribution is -2.57. The van der Waals surface area contributed by atoms with Gasteiger partial charge in [-0.25, -0.2) is 4.79 Å². The number of anilines is 1. The molecule has 0 atom stereocenters. The number of nitrogens with zero attached hydrogens (tertiary/aromatic N) is 3. The molecule has 1 aliphatic rings. The average molecular weight is 379 g/mol. The van der Waals surface area contributed by atoms with Crippen LogP contribution in [0.2, 0.25) is 0 Å². The lowest BCUT2D eigenvalue weighted by molar-refractivity contribution is 0.0105. The van der Waals surface area contributed by atoms with Gasteiger partial charge in [-0.05, 0) is 42.8 Å². The molecule has 1 N–H and O–H groups in total. The minimum absolute atomic E-state index is 0.189. The zero-order valence-corrected chi connectivity index (χ0v) is 14.9. The minimum atomic E-state index is -0.465. The summed E-state index contributed by atoms with van der Waals surface area (Å²) in [6, 6.07) is 6.09. The standard InChI is InChI=1S/C16H19BrN4O2/c1-16(2,3)23-15(22)21-8-10(9-21)19-13-7-18-20-14-11(13)5-4-6-12(14)17/h4-7,10H,8-9H2,1-3H3,(H,19,20). The van der Waals surface area contributed by atoms with Gasteiger partial charge in [-0.2, -0.15) is 5.10 Å². The van der Waals surface area contributed by atoms with E-state index in [4.69, 9.17) is 4.74 Å². The summed E-state index contributed by atoms with van der Waals surface area (Å²) >= 11 is 3.49. The Balaban J connectivity index is 1.65. The van der Waals surface area contributed by atoms with Crippen LogP contribution in [0.5, 0.6) is 0 Å². The van der Waals surface area contributed by atoms with E-state index in [1.165, 1.54) is 0 Å². The first-order chi connectivity index (χ1) is 10.8. The number of fused-ring (bicyclic) bond motifs is 1. The highest BCUT2D eigenvalue weighted by molar-refractivity contribution is 9.10. The molecule has 1 amide bonds. The highest BCUT2D eigenvalue weighted by atomic mass is 79.9. The molecule has 1 aromatic carbocycles. The molecule has 1 fully saturated rings. The van der Waals surface area contributed by atoms with Gasteiger partial charge in [-0.3, -0.25) is 0 Å². The number of ether oxygens (including phenoxy) is 1. The van der Waals surface area contributed by atoms with E-state index in [-0.39, 0.29) is 12.1 Å². The Labute approximate surface area is 143 Å². The number of rotatable bonds is 2. The van der Waals surface area contributed by atoms with Crippen LogP contribution >= 0.6 is 15.9 Å². The van der Waals surface area contributed by atoms with Crippen molar-refractivity contribution >= 4 is 38.6 Å². The Morgan fingerprint density at radius 3 is 2.83 bits per heavy atom. The van der Waals surface area contributed by atoms with Crippen molar-refractivity contribution in [2.24, 2.45) is 0 Å². The van der Waals surface area contributed by atoms with Crippen molar-refractivity contribution in [3.63, 3.8) is 0 Å². The van der Waals surface area contributed by atoms with E-state index in [1.807, 2.05) is 39.0 Å². The summed E-state index contributed by atoms with van der Waals surface area (Å²) in [7, 11) is 0. The highest BCUT2D eigenvalue weighted by Crippen LogP contribution is 2.28. The quantitative estimate of drug-likeness (QED) is 0.866. The molecule has 7 heteroatoms. The predicted molar refractivity (Wildman–Crippen MR) is 92.5 cm³/mol. The molecule has 0 unspecified atom stereocenters. The fourth-order valence-corrected chi connectivity index (χ4v) is 2.87. The first-order valence-electron chi connectivity index (χ1n) is 7.48. The molecule has 1 saturated heterocycles. The number of halogens is 1. The van der Waals surface area contributed by atoms with Gasteiger partial charge < -0.3 is 15.0 Å². The van der Waals surface area contributed by atoms with E-state index in [2.05, 4.69) is 31.4 Å². The molecule has 0 saturated carbocycles. The largest absolute Gasteiger partial charge is 0.444 e. The number of carbonyl (C=O) groups is 1. The van der Waals surface area contributed by atoms with Gasteiger partial charge in [-0.1, -0.05) is 12.1 Å². The molecule has 0 aliphatic carbocycles. The number of likely N-dealkylation sites (tertiary alicyclic amines) is 1. The van der Waals surface area contributed by atoms with E-state index < -0.39 is 5.60 Å². The highest BCUT2D eigenvalue weighted by Gasteiger charge is 2.33. The average Bonchev–Trinajstić information content (AvgIpc) is 2.41. The van der Waals surface area contributed by atoms with Crippen LogP contribution in [0.4, 0.5) is 10.5 Å². The third kappa shape index (κ3) is 3.55. The van der Waals surface area contributed by atoms with E-state index in [9.17, 15) is 4.79 Å². The van der Waals surface area contributed by atoms with E-state index >= 15 is 0 Å². The molecule has 122 valence electrons. The maximum absolute atomic E-state index is 11.9. The number of aromatic nitrogens is 2. The normalized spacial score (nSPS) is 15.4. The third-order valence-electron chi connectivity index (χ3n) is 3.51. The number of hydrogen-bond donors (Lipinski definition) is 1. The molecule has 1 aliphatic heterocycles. The summed E-state index contributed by atoms with van der Waals surface area (Å²) in [6.07, 6.45) is 1.45. The SMILES string of the molecule is CC(C)(C)OC(=O)N1CC(Nc2cnnc3c(Br)cccc23)C1. The van der Waals surface area contributed by atoms with Gasteiger partial charge in [-0.15, -0.1) is 5.10 Å². The second-order valence-corrected chi connectivity index (χ2v) is 7.48. The molecule has 3 rings (SSSR count).